The van der Waals surface area contributed by atoms with Gasteiger partial charge >= 0.3 is 0 Å². The zero-order chi connectivity index (χ0) is 31.3. The Morgan fingerprint density at radius 2 is 0.562 bits per heavy atom. The minimum atomic E-state index is 1.29. The van der Waals surface area contributed by atoms with E-state index in [2.05, 4.69) is 158 Å². The van der Waals surface area contributed by atoms with Gasteiger partial charge in [-0.25, -0.2) is 0 Å². The summed E-state index contributed by atoms with van der Waals surface area (Å²) in [6.45, 7) is 0. The highest BCUT2D eigenvalue weighted by molar-refractivity contribution is 8.00. The maximum atomic E-state index is 2.37. The Hall–Kier alpha value is -5.28. The van der Waals surface area contributed by atoms with Gasteiger partial charge in [0, 0.05) is 30.4 Å². The first-order valence-corrected chi connectivity index (χ1v) is 18.1. The molecule has 9 aromatic rings. The fourth-order valence-corrected chi connectivity index (χ4v) is 10.6. The van der Waals surface area contributed by atoms with E-state index in [1.165, 1.54) is 107 Å². The first-order chi connectivity index (χ1) is 23.8. The van der Waals surface area contributed by atoms with E-state index in [1.54, 1.807) is 0 Å². The van der Waals surface area contributed by atoms with Crippen LogP contribution in [0.25, 0.3) is 87.6 Å². The molecule has 0 aromatic heterocycles. The van der Waals surface area contributed by atoms with Crippen LogP contribution < -0.4 is 0 Å². The third-order valence-electron chi connectivity index (χ3n) is 10.3. The van der Waals surface area contributed by atoms with Crippen molar-refractivity contribution in [3.63, 3.8) is 0 Å². The molecule has 0 saturated heterocycles. The van der Waals surface area contributed by atoms with Crippen LogP contribution in [0.5, 0.6) is 0 Å². The second-order valence-corrected chi connectivity index (χ2v) is 14.9. The molecule has 0 nitrogen and oxygen atoms in total. The Kier molecular flexibility index (Phi) is 5.63. The first kappa shape index (κ1) is 26.8. The van der Waals surface area contributed by atoms with Crippen LogP contribution in [0, 0.1) is 0 Å². The summed E-state index contributed by atoms with van der Waals surface area (Å²) in [6, 6.07) is 58.9. The van der Waals surface area contributed by atoms with Crippen molar-refractivity contribution in [2.24, 2.45) is 0 Å². The molecule has 9 aromatic carbocycles. The van der Waals surface area contributed by atoms with Gasteiger partial charge in [0.2, 0.25) is 0 Å². The van der Waals surface area contributed by atoms with Gasteiger partial charge in [-0.1, -0.05) is 157 Å². The summed E-state index contributed by atoms with van der Waals surface area (Å²) in [5.74, 6) is 0. The molecule has 0 fully saturated rings. The van der Waals surface area contributed by atoms with Crippen LogP contribution in [0.3, 0.4) is 0 Å². The van der Waals surface area contributed by atoms with Gasteiger partial charge in [0.1, 0.15) is 0 Å². The van der Waals surface area contributed by atoms with Crippen molar-refractivity contribution in [1.82, 2.24) is 0 Å². The number of benzene rings is 9. The topological polar surface area (TPSA) is 0 Å². The lowest BCUT2D eigenvalue weighted by molar-refractivity contribution is 1.40. The molecule has 0 amide bonds. The van der Waals surface area contributed by atoms with Crippen LogP contribution in [0.2, 0.25) is 0 Å². The SMILES string of the molecule is c1ccc2c(c1)Sc1cccc3c(-c4c5ccccc5c(-c5ccc6c7c(cccc57)Sc5ccccc5-6)c5ccccc45)ccc-2c13. The maximum Gasteiger partial charge on any atom is 0.0207 e. The molecule has 0 unspecified atom stereocenters. The van der Waals surface area contributed by atoms with E-state index in [0.717, 1.165) is 0 Å². The van der Waals surface area contributed by atoms with E-state index in [1.807, 2.05) is 23.5 Å². The van der Waals surface area contributed by atoms with E-state index in [4.69, 9.17) is 0 Å². The summed E-state index contributed by atoms with van der Waals surface area (Å²) in [5, 5.41) is 10.5. The van der Waals surface area contributed by atoms with Crippen LogP contribution in [-0.2, 0) is 0 Å². The molecule has 2 aliphatic heterocycles. The van der Waals surface area contributed by atoms with E-state index in [0.29, 0.717) is 0 Å². The molecule has 0 atom stereocenters. The maximum absolute atomic E-state index is 2.37. The number of hydrogen-bond donors (Lipinski definition) is 0. The van der Waals surface area contributed by atoms with Crippen LogP contribution in [0.4, 0.5) is 0 Å². The fraction of sp³-hybridized carbons (Fsp3) is 0. The van der Waals surface area contributed by atoms with Gasteiger partial charge < -0.3 is 0 Å². The van der Waals surface area contributed by atoms with Crippen LogP contribution >= 0.6 is 23.5 Å². The minimum absolute atomic E-state index is 1.29. The van der Waals surface area contributed by atoms with Crippen molar-refractivity contribution < 1.29 is 0 Å². The summed E-state index contributed by atoms with van der Waals surface area (Å²) in [4.78, 5) is 5.31. The molecule has 222 valence electrons. The zero-order valence-corrected chi connectivity index (χ0v) is 27.5. The Bertz CT molecular complexity index is 2590. The van der Waals surface area contributed by atoms with Gasteiger partial charge in [-0.2, -0.15) is 0 Å². The summed E-state index contributed by atoms with van der Waals surface area (Å²) >= 11 is 3.78. The fourth-order valence-electron chi connectivity index (χ4n) is 8.30. The van der Waals surface area contributed by atoms with Crippen LogP contribution in [0.15, 0.2) is 177 Å². The minimum Gasteiger partial charge on any atom is -0.0888 e. The molecule has 0 spiro atoms. The molecule has 2 heteroatoms. The monoisotopic (exact) mass is 642 g/mol. The molecule has 2 aliphatic rings. The third-order valence-corrected chi connectivity index (χ3v) is 12.5. The average Bonchev–Trinajstić information content (AvgIpc) is 3.14. The second-order valence-electron chi connectivity index (χ2n) is 12.7. The number of hydrogen-bond acceptors (Lipinski definition) is 2. The van der Waals surface area contributed by atoms with Crippen molar-refractivity contribution in [3.05, 3.63) is 158 Å². The summed E-state index contributed by atoms with van der Waals surface area (Å²) in [5.41, 5.74) is 10.5. The quantitative estimate of drug-likeness (QED) is 0.172. The molecule has 0 N–H and O–H groups in total. The molecule has 0 radical (unpaired) electrons. The Labute approximate surface area is 287 Å². The van der Waals surface area contributed by atoms with Gasteiger partial charge in [0.15, 0.2) is 0 Å². The molecule has 0 saturated carbocycles. The van der Waals surface area contributed by atoms with Gasteiger partial charge in [0.05, 0.1) is 0 Å². The molecule has 48 heavy (non-hydrogen) atoms. The van der Waals surface area contributed by atoms with E-state index in [9.17, 15) is 0 Å². The molecule has 11 rings (SSSR count). The summed E-state index contributed by atoms with van der Waals surface area (Å²) in [6.07, 6.45) is 0. The van der Waals surface area contributed by atoms with Gasteiger partial charge in [-0.3, -0.25) is 0 Å². The lowest BCUT2D eigenvalue weighted by Gasteiger charge is -2.24. The summed E-state index contributed by atoms with van der Waals surface area (Å²) in [7, 11) is 0. The first-order valence-electron chi connectivity index (χ1n) is 16.4. The molecule has 0 bridgehead atoms. The number of fused-ring (bicyclic) bond motifs is 6. The predicted octanol–water partition coefficient (Wildman–Crippen LogP) is 13.9. The molecule has 0 aliphatic carbocycles. The van der Waals surface area contributed by atoms with Crippen molar-refractivity contribution in [2.75, 3.05) is 0 Å². The zero-order valence-electron chi connectivity index (χ0n) is 25.8. The largest absolute Gasteiger partial charge is 0.0888 e. The Balaban J connectivity index is 1.24. The highest BCUT2D eigenvalue weighted by Crippen LogP contribution is 2.54. The van der Waals surface area contributed by atoms with Gasteiger partial charge in [-0.15, -0.1) is 0 Å². The van der Waals surface area contributed by atoms with Gasteiger partial charge in [0.25, 0.3) is 0 Å². The number of rotatable bonds is 2. The van der Waals surface area contributed by atoms with Crippen LogP contribution in [-0.4, -0.2) is 0 Å². The van der Waals surface area contributed by atoms with Crippen molar-refractivity contribution in [3.8, 4) is 44.5 Å². The van der Waals surface area contributed by atoms with E-state index >= 15 is 0 Å². The van der Waals surface area contributed by atoms with Gasteiger partial charge in [-0.05, 0) is 101 Å². The lowest BCUT2D eigenvalue weighted by atomic mass is 9.82. The van der Waals surface area contributed by atoms with Crippen molar-refractivity contribution in [1.29, 1.82) is 0 Å². The Morgan fingerprint density at radius 3 is 1.00 bits per heavy atom. The van der Waals surface area contributed by atoms with Crippen LogP contribution in [0.1, 0.15) is 0 Å². The van der Waals surface area contributed by atoms with E-state index < -0.39 is 0 Å². The lowest BCUT2D eigenvalue weighted by Crippen LogP contribution is -1.97. The normalized spacial score (nSPS) is 12.8. The highest BCUT2D eigenvalue weighted by atomic mass is 32.2. The van der Waals surface area contributed by atoms with Crippen molar-refractivity contribution in [2.45, 2.75) is 19.6 Å². The standard InChI is InChI=1S/C46H26S2/c1-2-14-30-29(13-1)43(37-25-23-35-27-11-5-7-19-39(27)47-41-21-9-17-33(37)45(35)41)31-15-3-4-16-32(31)44(30)38-26-24-36-28-12-6-8-20-40(28)48-42-22-10-18-34(38)46(36)42/h1-26H. The third kappa shape index (κ3) is 3.65. The Morgan fingerprint density at radius 1 is 0.229 bits per heavy atom. The molecular weight excluding hydrogens is 617 g/mol. The smallest absolute Gasteiger partial charge is 0.0207 e. The highest BCUT2D eigenvalue weighted by Gasteiger charge is 2.25. The molecular formula is C46H26S2. The van der Waals surface area contributed by atoms with E-state index in [-0.39, 0.29) is 0 Å². The predicted molar refractivity (Wildman–Crippen MR) is 206 cm³/mol. The van der Waals surface area contributed by atoms with Crippen molar-refractivity contribution >= 4 is 66.6 Å². The molecule has 2 heterocycles. The second kappa shape index (κ2) is 10.1. The summed E-state index contributed by atoms with van der Waals surface area (Å²) < 4.78 is 0. The average molecular weight is 643 g/mol.